The second-order valence-electron chi connectivity index (χ2n) is 4.91. The van der Waals surface area contributed by atoms with Crippen LogP contribution < -0.4 is 5.32 Å². The van der Waals surface area contributed by atoms with Gasteiger partial charge in [0.05, 0.1) is 5.69 Å². The molecule has 1 N–H and O–H groups in total. The van der Waals surface area contributed by atoms with Crippen LogP contribution in [-0.4, -0.2) is 16.5 Å². The molecule has 2 aromatic rings. The van der Waals surface area contributed by atoms with Crippen LogP contribution in [0.3, 0.4) is 0 Å². The number of hydrogen-bond donors (Lipinski definition) is 1. The van der Waals surface area contributed by atoms with Crippen molar-refractivity contribution in [1.29, 1.82) is 5.26 Å². The van der Waals surface area contributed by atoms with Gasteiger partial charge in [-0.25, -0.2) is 9.97 Å². The highest BCUT2D eigenvalue weighted by molar-refractivity contribution is 5.72. The second-order valence-corrected chi connectivity index (χ2v) is 4.91. The molecule has 0 unspecified atom stereocenters. The molecule has 1 heterocycles. The largest absolute Gasteiger partial charge is 0.369 e. The fourth-order valence-electron chi connectivity index (χ4n) is 2.20. The molecule has 1 aromatic heterocycles. The zero-order valence-electron chi connectivity index (χ0n) is 12.3. The van der Waals surface area contributed by atoms with E-state index in [9.17, 15) is 5.26 Å². The molecule has 0 aliphatic carbocycles. The summed E-state index contributed by atoms with van der Waals surface area (Å²) in [6.07, 6.45) is 6.25. The Labute approximate surface area is 125 Å². The Morgan fingerprint density at radius 2 is 1.90 bits per heavy atom. The van der Waals surface area contributed by atoms with E-state index in [1.54, 1.807) is 0 Å². The molecule has 21 heavy (non-hydrogen) atoms. The summed E-state index contributed by atoms with van der Waals surface area (Å²) in [5, 5.41) is 12.7. The zero-order valence-corrected chi connectivity index (χ0v) is 12.3. The van der Waals surface area contributed by atoms with E-state index in [4.69, 9.17) is 0 Å². The van der Waals surface area contributed by atoms with E-state index < -0.39 is 0 Å². The molecule has 0 radical (unpaired) electrons. The molecule has 0 aliphatic rings. The Hall–Kier alpha value is -2.41. The topological polar surface area (TPSA) is 61.6 Å². The van der Waals surface area contributed by atoms with E-state index in [0.29, 0.717) is 17.1 Å². The highest BCUT2D eigenvalue weighted by atomic mass is 15.0. The van der Waals surface area contributed by atoms with Gasteiger partial charge in [-0.3, -0.25) is 0 Å². The van der Waals surface area contributed by atoms with Crippen LogP contribution in [0.1, 0.15) is 38.2 Å². The average Bonchev–Trinajstić information content (AvgIpc) is 2.55. The lowest BCUT2D eigenvalue weighted by Gasteiger charge is -2.09. The first kappa shape index (κ1) is 15.0. The number of rotatable bonds is 7. The molecule has 0 saturated carbocycles. The molecule has 108 valence electrons. The molecule has 0 amide bonds. The minimum Gasteiger partial charge on any atom is -0.369 e. The third kappa shape index (κ3) is 4.03. The Balaban J connectivity index is 2.14. The van der Waals surface area contributed by atoms with Gasteiger partial charge in [0.2, 0.25) is 0 Å². The van der Waals surface area contributed by atoms with Crippen LogP contribution in [-0.2, 0) is 0 Å². The summed E-state index contributed by atoms with van der Waals surface area (Å²) in [7, 11) is 0. The number of nitrogens with zero attached hydrogens (tertiary/aromatic N) is 3. The van der Waals surface area contributed by atoms with Crippen molar-refractivity contribution in [1.82, 2.24) is 9.97 Å². The van der Waals surface area contributed by atoms with E-state index in [1.165, 1.54) is 25.6 Å². The summed E-state index contributed by atoms with van der Waals surface area (Å²) in [4.78, 5) is 8.47. The molecule has 0 fully saturated rings. The molecule has 1 aromatic carbocycles. The molecule has 2 rings (SSSR count). The van der Waals surface area contributed by atoms with Gasteiger partial charge >= 0.3 is 0 Å². The van der Waals surface area contributed by atoms with Crippen molar-refractivity contribution in [2.45, 2.75) is 32.6 Å². The van der Waals surface area contributed by atoms with Crippen LogP contribution in [0.5, 0.6) is 0 Å². The van der Waals surface area contributed by atoms with Crippen molar-refractivity contribution in [2.75, 3.05) is 11.9 Å². The van der Waals surface area contributed by atoms with Crippen LogP contribution in [0.2, 0.25) is 0 Å². The van der Waals surface area contributed by atoms with Gasteiger partial charge < -0.3 is 5.32 Å². The Bertz CT molecular complexity index is 602. The van der Waals surface area contributed by atoms with Crippen molar-refractivity contribution in [3.8, 4) is 17.3 Å². The summed E-state index contributed by atoms with van der Waals surface area (Å²) in [5.41, 5.74) is 2.13. The number of benzene rings is 1. The summed E-state index contributed by atoms with van der Waals surface area (Å²) < 4.78 is 0. The van der Waals surface area contributed by atoms with Crippen LogP contribution in [0.15, 0.2) is 36.7 Å². The quantitative estimate of drug-likeness (QED) is 0.778. The number of nitrogens with one attached hydrogen (secondary N) is 1. The molecule has 0 saturated heterocycles. The Morgan fingerprint density at radius 1 is 1.10 bits per heavy atom. The number of anilines is 1. The maximum absolute atomic E-state index is 9.43. The van der Waals surface area contributed by atoms with Crippen molar-refractivity contribution >= 4 is 5.82 Å². The van der Waals surface area contributed by atoms with E-state index in [0.717, 1.165) is 18.5 Å². The first-order valence-electron chi connectivity index (χ1n) is 7.41. The van der Waals surface area contributed by atoms with Crippen molar-refractivity contribution in [3.05, 3.63) is 42.2 Å². The predicted molar refractivity (Wildman–Crippen MR) is 84.8 cm³/mol. The third-order valence-electron chi connectivity index (χ3n) is 3.33. The maximum atomic E-state index is 9.43. The third-order valence-corrected chi connectivity index (χ3v) is 3.33. The van der Waals surface area contributed by atoms with Crippen LogP contribution in [0, 0.1) is 11.3 Å². The SMILES string of the molecule is CCCCCCNc1ncnc(-c2ccccc2)c1C#N. The number of aromatic nitrogens is 2. The van der Waals surface area contributed by atoms with Gasteiger partial charge in [0, 0.05) is 12.1 Å². The lowest BCUT2D eigenvalue weighted by molar-refractivity contribution is 0.684. The van der Waals surface area contributed by atoms with Crippen LogP contribution in [0.4, 0.5) is 5.82 Å². The van der Waals surface area contributed by atoms with Crippen molar-refractivity contribution < 1.29 is 0 Å². The lowest BCUT2D eigenvalue weighted by atomic mass is 10.1. The molecule has 0 aliphatic heterocycles. The molecular formula is C17H20N4. The highest BCUT2D eigenvalue weighted by Crippen LogP contribution is 2.24. The number of hydrogen-bond acceptors (Lipinski definition) is 4. The van der Waals surface area contributed by atoms with Gasteiger partial charge in [-0.15, -0.1) is 0 Å². The summed E-state index contributed by atoms with van der Waals surface area (Å²) in [5.74, 6) is 0.628. The Morgan fingerprint density at radius 3 is 2.62 bits per heavy atom. The zero-order chi connectivity index (χ0) is 14.9. The smallest absolute Gasteiger partial charge is 0.148 e. The van der Waals surface area contributed by atoms with E-state index in [-0.39, 0.29) is 0 Å². The first-order valence-corrected chi connectivity index (χ1v) is 7.41. The summed E-state index contributed by atoms with van der Waals surface area (Å²) in [6.45, 7) is 3.03. The molecule has 0 atom stereocenters. The molecule has 0 spiro atoms. The van der Waals surface area contributed by atoms with E-state index in [1.807, 2.05) is 30.3 Å². The van der Waals surface area contributed by atoms with E-state index >= 15 is 0 Å². The highest BCUT2D eigenvalue weighted by Gasteiger charge is 2.12. The standard InChI is InChI=1S/C17H20N4/c1-2-3-4-8-11-19-17-15(12-18)16(20-13-21-17)14-9-6-5-7-10-14/h5-7,9-10,13H,2-4,8,11H2,1H3,(H,19,20,21). The van der Waals surface area contributed by atoms with Gasteiger partial charge in [-0.05, 0) is 6.42 Å². The van der Waals surface area contributed by atoms with Crippen LogP contribution >= 0.6 is 0 Å². The maximum Gasteiger partial charge on any atom is 0.148 e. The van der Waals surface area contributed by atoms with Crippen molar-refractivity contribution in [3.63, 3.8) is 0 Å². The minimum absolute atomic E-state index is 0.513. The van der Waals surface area contributed by atoms with Gasteiger partial charge in [0.25, 0.3) is 0 Å². The van der Waals surface area contributed by atoms with Gasteiger partial charge in [0.15, 0.2) is 0 Å². The summed E-state index contributed by atoms with van der Waals surface area (Å²) in [6, 6.07) is 12.0. The fourth-order valence-corrected chi connectivity index (χ4v) is 2.20. The second kappa shape index (κ2) is 8.01. The van der Waals surface area contributed by atoms with Gasteiger partial charge in [-0.1, -0.05) is 56.5 Å². The molecule has 4 nitrogen and oxygen atoms in total. The monoisotopic (exact) mass is 280 g/mol. The number of nitriles is 1. The number of unbranched alkanes of at least 4 members (excludes halogenated alkanes) is 3. The lowest BCUT2D eigenvalue weighted by Crippen LogP contribution is -2.07. The molecule has 4 heteroatoms. The Kier molecular flexibility index (Phi) is 5.71. The predicted octanol–water partition coefficient (Wildman–Crippen LogP) is 4.01. The van der Waals surface area contributed by atoms with Crippen LogP contribution in [0.25, 0.3) is 11.3 Å². The van der Waals surface area contributed by atoms with Crippen molar-refractivity contribution in [2.24, 2.45) is 0 Å². The van der Waals surface area contributed by atoms with E-state index in [2.05, 4.69) is 28.3 Å². The van der Waals surface area contributed by atoms with Gasteiger partial charge in [0.1, 0.15) is 23.8 Å². The average molecular weight is 280 g/mol. The normalized spacial score (nSPS) is 10.1. The molecular weight excluding hydrogens is 260 g/mol. The minimum atomic E-state index is 0.513. The fraction of sp³-hybridized carbons (Fsp3) is 0.353. The summed E-state index contributed by atoms with van der Waals surface area (Å²) >= 11 is 0. The first-order chi connectivity index (χ1) is 10.4. The van der Waals surface area contributed by atoms with Gasteiger partial charge in [-0.2, -0.15) is 5.26 Å². The molecule has 0 bridgehead atoms.